The third-order valence-corrected chi connectivity index (χ3v) is 10.1. The first-order chi connectivity index (χ1) is 26.4. The molecule has 0 aliphatic carbocycles. The van der Waals surface area contributed by atoms with E-state index in [2.05, 4.69) is 41.5 Å². The molecule has 0 heterocycles. The number of fused-ring (bicyclic) bond motifs is 2. The maximum absolute atomic E-state index is 12.8. The highest BCUT2D eigenvalue weighted by Crippen LogP contribution is 2.43. The molecule has 302 valence electrons. The second-order valence-corrected chi connectivity index (χ2v) is 14.7. The molecule has 0 bridgehead atoms. The van der Waals surface area contributed by atoms with E-state index in [9.17, 15) is 9.59 Å². The van der Waals surface area contributed by atoms with Gasteiger partial charge in [0.05, 0.1) is 13.2 Å². The molecule has 0 aromatic heterocycles. The van der Waals surface area contributed by atoms with Gasteiger partial charge in [-0.15, -0.1) is 0 Å². The molecule has 8 heteroatoms. The van der Waals surface area contributed by atoms with Gasteiger partial charge in [-0.1, -0.05) is 141 Å². The van der Waals surface area contributed by atoms with Gasteiger partial charge in [0, 0.05) is 47.6 Å². The third kappa shape index (κ3) is 15.4. The Morgan fingerprint density at radius 3 is 1.15 bits per heavy atom. The van der Waals surface area contributed by atoms with Crippen LogP contribution in [0.15, 0.2) is 48.5 Å². The van der Waals surface area contributed by atoms with Gasteiger partial charge in [-0.3, -0.25) is 9.59 Å². The van der Waals surface area contributed by atoms with E-state index in [1.807, 2.05) is 48.5 Å². The van der Waals surface area contributed by atoms with E-state index in [0.717, 1.165) is 85.8 Å². The molecule has 54 heavy (non-hydrogen) atoms. The van der Waals surface area contributed by atoms with Crippen LogP contribution in [0.25, 0.3) is 21.5 Å². The van der Waals surface area contributed by atoms with Crippen molar-refractivity contribution in [3.63, 3.8) is 0 Å². The summed E-state index contributed by atoms with van der Waals surface area (Å²) in [6.45, 7) is 15.1. The lowest BCUT2D eigenvalue weighted by Crippen LogP contribution is -2.31. The van der Waals surface area contributed by atoms with Crippen LogP contribution >= 0.6 is 0 Å². The fraction of sp³-hybridized carbons (Fsp3) is 0.652. The summed E-state index contributed by atoms with van der Waals surface area (Å²) in [6.07, 6.45) is 12.1. The lowest BCUT2D eigenvalue weighted by molar-refractivity contribution is -0.155. The van der Waals surface area contributed by atoms with Gasteiger partial charge in [0.15, 0.2) is 12.2 Å². The van der Waals surface area contributed by atoms with Crippen LogP contribution in [0.5, 0.6) is 11.5 Å². The molecule has 8 nitrogen and oxygen atoms in total. The summed E-state index contributed by atoms with van der Waals surface area (Å²) in [5.74, 6) is 1.89. The summed E-state index contributed by atoms with van der Waals surface area (Å²) in [5.41, 5.74) is 0. The summed E-state index contributed by atoms with van der Waals surface area (Å²) >= 11 is 0. The van der Waals surface area contributed by atoms with Crippen LogP contribution in [-0.4, -0.2) is 63.8 Å². The molecule has 3 aromatic rings. The number of unbranched alkanes of at least 4 members (excludes halogenated alkanes) is 4. The van der Waals surface area contributed by atoms with Gasteiger partial charge in [-0.2, -0.15) is 0 Å². The van der Waals surface area contributed by atoms with Gasteiger partial charge in [0.25, 0.3) is 0 Å². The average Bonchev–Trinajstić information content (AvgIpc) is 3.19. The molecular weight excluding hydrogens is 680 g/mol. The van der Waals surface area contributed by atoms with Crippen LogP contribution in [-0.2, 0) is 28.5 Å². The maximum Gasteiger partial charge on any atom is 0.306 e. The standard InChI is InChI=1S/C46H70O8/c1-7-13-21-35(11-5)29-49-31-37(53-43(47)27-15-9-3)33-51-45-39-23-17-19-25-41(39)46(42-26-20-18-24-40(42)45)52-34-38(54-44(48)28-16-10-4)32-50-30-36(12-6)22-14-8-2/h17-20,23-26,35-38H,7-16,21-22,27-34H2,1-6H3. The Bertz CT molecular complexity index is 1320. The molecule has 0 aliphatic heterocycles. The minimum Gasteiger partial charge on any atom is -0.488 e. The molecule has 0 fully saturated rings. The van der Waals surface area contributed by atoms with Crippen LogP contribution in [0.2, 0.25) is 0 Å². The summed E-state index contributed by atoms with van der Waals surface area (Å²) in [6, 6.07) is 16.0. The number of rotatable bonds is 30. The maximum atomic E-state index is 12.8. The second-order valence-electron chi connectivity index (χ2n) is 14.7. The third-order valence-electron chi connectivity index (χ3n) is 10.1. The highest BCUT2D eigenvalue weighted by molar-refractivity contribution is 6.11. The summed E-state index contributed by atoms with van der Waals surface area (Å²) in [5, 5.41) is 3.51. The number of carbonyl (C=O) groups excluding carboxylic acids is 2. The Morgan fingerprint density at radius 1 is 0.481 bits per heavy atom. The Balaban J connectivity index is 1.86. The van der Waals surface area contributed by atoms with Crippen molar-refractivity contribution in [3.05, 3.63) is 48.5 Å². The van der Waals surface area contributed by atoms with Crippen LogP contribution in [0.4, 0.5) is 0 Å². The van der Waals surface area contributed by atoms with Crippen molar-refractivity contribution >= 4 is 33.5 Å². The van der Waals surface area contributed by atoms with E-state index in [-0.39, 0.29) is 38.4 Å². The quantitative estimate of drug-likeness (QED) is 0.0491. The van der Waals surface area contributed by atoms with Crippen LogP contribution < -0.4 is 9.47 Å². The van der Waals surface area contributed by atoms with Crippen molar-refractivity contribution in [1.82, 2.24) is 0 Å². The summed E-state index contributed by atoms with van der Waals surface area (Å²) in [7, 11) is 0. The normalized spacial score (nSPS) is 13.7. The zero-order valence-electron chi connectivity index (χ0n) is 34.3. The molecule has 4 atom stereocenters. The fourth-order valence-electron chi connectivity index (χ4n) is 6.60. The molecule has 0 spiro atoms. The molecule has 3 rings (SSSR count). The van der Waals surface area contributed by atoms with E-state index in [0.29, 0.717) is 49.4 Å². The monoisotopic (exact) mass is 751 g/mol. The minimum atomic E-state index is -0.552. The van der Waals surface area contributed by atoms with Gasteiger partial charge in [-0.05, 0) is 37.5 Å². The predicted molar refractivity (Wildman–Crippen MR) is 220 cm³/mol. The largest absolute Gasteiger partial charge is 0.488 e. The number of hydrogen-bond donors (Lipinski definition) is 0. The zero-order valence-corrected chi connectivity index (χ0v) is 34.3. The van der Waals surface area contributed by atoms with Gasteiger partial charge >= 0.3 is 11.9 Å². The number of esters is 2. The summed E-state index contributed by atoms with van der Waals surface area (Å²) < 4.78 is 37.5. The van der Waals surface area contributed by atoms with Gasteiger partial charge < -0.3 is 28.4 Å². The zero-order chi connectivity index (χ0) is 39.0. The topological polar surface area (TPSA) is 89.5 Å². The van der Waals surface area contributed by atoms with Crippen molar-refractivity contribution in [2.45, 2.75) is 144 Å². The minimum absolute atomic E-state index is 0.155. The first-order valence-corrected chi connectivity index (χ1v) is 21.1. The van der Waals surface area contributed by atoms with Crippen LogP contribution in [0.3, 0.4) is 0 Å². The summed E-state index contributed by atoms with van der Waals surface area (Å²) in [4.78, 5) is 25.6. The highest BCUT2D eigenvalue weighted by Gasteiger charge is 2.23. The molecule has 4 unspecified atom stereocenters. The number of carbonyl (C=O) groups is 2. The second kappa shape index (κ2) is 26.4. The first kappa shape index (κ1) is 45.0. The van der Waals surface area contributed by atoms with Crippen molar-refractivity contribution < 1.29 is 38.0 Å². The van der Waals surface area contributed by atoms with Crippen LogP contribution in [0.1, 0.15) is 131 Å². The Labute approximate surface area is 325 Å². The highest BCUT2D eigenvalue weighted by atomic mass is 16.6. The molecule has 3 aromatic carbocycles. The van der Waals surface area contributed by atoms with E-state index >= 15 is 0 Å². The van der Waals surface area contributed by atoms with Gasteiger partial charge in [0.1, 0.15) is 24.7 Å². The number of ether oxygens (including phenoxy) is 6. The molecule has 0 saturated heterocycles. The van der Waals surface area contributed by atoms with Crippen LogP contribution in [0, 0.1) is 11.8 Å². The number of benzene rings is 3. The Morgan fingerprint density at radius 2 is 0.833 bits per heavy atom. The molecule has 0 N–H and O–H groups in total. The van der Waals surface area contributed by atoms with E-state index in [1.54, 1.807) is 0 Å². The average molecular weight is 751 g/mol. The molecule has 0 aliphatic rings. The smallest absolute Gasteiger partial charge is 0.306 e. The number of hydrogen-bond acceptors (Lipinski definition) is 8. The Kier molecular flexibility index (Phi) is 22.1. The SMILES string of the molecule is CCCCC(=O)OC(COCC(CC)CCCC)COc1c2ccccc2c(OCC(COCC(CC)CCCC)OC(=O)CCCC)c2ccccc12. The lowest BCUT2D eigenvalue weighted by Gasteiger charge is -2.24. The first-order valence-electron chi connectivity index (χ1n) is 21.1. The van der Waals surface area contributed by atoms with E-state index in [4.69, 9.17) is 28.4 Å². The van der Waals surface area contributed by atoms with E-state index < -0.39 is 12.2 Å². The van der Waals surface area contributed by atoms with Crippen molar-refractivity contribution in [2.24, 2.45) is 11.8 Å². The lowest BCUT2D eigenvalue weighted by atomic mass is 10.0. The van der Waals surface area contributed by atoms with Crippen molar-refractivity contribution in [2.75, 3.05) is 39.6 Å². The van der Waals surface area contributed by atoms with E-state index in [1.165, 1.54) is 12.8 Å². The molecular formula is C46H70O8. The van der Waals surface area contributed by atoms with Crippen molar-refractivity contribution in [3.8, 4) is 11.5 Å². The van der Waals surface area contributed by atoms with Gasteiger partial charge in [-0.25, -0.2) is 0 Å². The molecule has 0 amide bonds. The fourth-order valence-corrected chi connectivity index (χ4v) is 6.60. The molecule has 0 radical (unpaired) electrons. The Hall–Kier alpha value is -3.36. The van der Waals surface area contributed by atoms with Gasteiger partial charge in [0.2, 0.25) is 0 Å². The molecule has 0 saturated carbocycles. The van der Waals surface area contributed by atoms with Crippen molar-refractivity contribution in [1.29, 1.82) is 0 Å². The predicted octanol–water partition coefficient (Wildman–Crippen LogP) is 11.4.